The molecule has 6 heteroatoms. The van der Waals surface area contributed by atoms with Crippen molar-refractivity contribution in [3.05, 3.63) is 35.2 Å². The molecule has 5 nitrogen and oxygen atoms in total. The van der Waals surface area contributed by atoms with Gasteiger partial charge in [0.05, 0.1) is 5.01 Å². The SMILES string of the molecule is Cc1nc(C(=O)O)c(Nc2ccncc2)s1. The van der Waals surface area contributed by atoms with Gasteiger partial charge in [0.25, 0.3) is 0 Å². The summed E-state index contributed by atoms with van der Waals surface area (Å²) in [7, 11) is 0. The van der Waals surface area contributed by atoms with Crippen molar-refractivity contribution in [2.24, 2.45) is 0 Å². The molecular weight excluding hydrogens is 226 g/mol. The molecule has 16 heavy (non-hydrogen) atoms. The summed E-state index contributed by atoms with van der Waals surface area (Å²) in [6.45, 7) is 1.77. The van der Waals surface area contributed by atoms with E-state index in [2.05, 4.69) is 15.3 Å². The molecule has 2 aromatic heterocycles. The largest absolute Gasteiger partial charge is 0.476 e. The maximum atomic E-state index is 10.9. The number of nitrogens with zero attached hydrogens (tertiary/aromatic N) is 2. The lowest BCUT2D eigenvalue weighted by atomic mass is 10.4. The van der Waals surface area contributed by atoms with Crippen molar-refractivity contribution in [1.29, 1.82) is 0 Å². The number of carbonyl (C=O) groups is 1. The number of aromatic carboxylic acids is 1. The van der Waals surface area contributed by atoms with Crippen LogP contribution in [0, 0.1) is 6.92 Å². The average molecular weight is 235 g/mol. The van der Waals surface area contributed by atoms with Gasteiger partial charge in [0.2, 0.25) is 0 Å². The van der Waals surface area contributed by atoms with Crippen molar-refractivity contribution in [3.63, 3.8) is 0 Å². The van der Waals surface area contributed by atoms with Gasteiger partial charge >= 0.3 is 5.97 Å². The molecule has 0 saturated carbocycles. The van der Waals surface area contributed by atoms with E-state index in [9.17, 15) is 4.79 Å². The summed E-state index contributed by atoms with van der Waals surface area (Å²) in [5.74, 6) is -1.03. The first-order chi connectivity index (χ1) is 7.66. The highest BCUT2D eigenvalue weighted by atomic mass is 32.1. The standard InChI is InChI=1S/C10H9N3O2S/c1-6-12-8(10(14)15)9(16-6)13-7-2-4-11-5-3-7/h2-5H,1H3,(H,11,13)(H,14,15). The Hall–Kier alpha value is -1.95. The van der Waals surface area contributed by atoms with Gasteiger partial charge in [-0.05, 0) is 19.1 Å². The molecule has 2 N–H and O–H groups in total. The molecule has 0 fully saturated rings. The maximum Gasteiger partial charge on any atom is 0.357 e. The summed E-state index contributed by atoms with van der Waals surface area (Å²) >= 11 is 1.31. The van der Waals surface area contributed by atoms with Crippen LogP contribution in [0.5, 0.6) is 0 Å². The third kappa shape index (κ3) is 2.17. The molecule has 0 spiro atoms. The first kappa shape index (κ1) is 10.6. The van der Waals surface area contributed by atoms with E-state index in [1.807, 2.05) is 0 Å². The fourth-order valence-corrected chi connectivity index (χ4v) is 2.05. The van der Waals surface area contributed by atoms with E-state index < -0.39 is 5.97 Å². The van der Waals surface area contributed by atoms with Crippen molar-refractivity contribution in [3.8, 4) is 0 Å². The Morgan fingerprint density at radius 2 is 2.12 bits per heavy atom. The zero-order chi connectivity index (χ0) is 11.5. The van der Waals surface area contributed by atoms with Gasteiger partial charge in [-0.2, -0.15) is 0 Å². The van der Waals surface area contributed by atoms with E-state index in [1.54, 1.807) is 31.5 Å². The molecule has 2 heterocycles. The molecule has 0 aromatic carbocycles. The molecule has 0 aliphatic rings. The number of aryl methyl sites for hydroxylation is 1. The van der Waals surface area contributed by atoms with Crippen molar-refractivity contribution >= 4 is 28.0 Å². The van der Waals surface area contributed by atoms with Crippen molar-refractivity contribution in [2.45, 2.75) is 6.92 Å². The number of aromatic nitrogens is 2. The third-order valence-corrected chi connectivity index (χ3v) is 2.76. The highest BCUT2D eigenvalue weighted by Crippen LogP contribution is 2.27. The van der Waals surface area contributed by atoms with Gasteiger partial charge in [0.1, 0.15) is 5.00 Å². The smallest absolute Gasteiger partial charge is 0.357 e. The number of anilines is 2. The lowest BCUT2D eigenvalue weighted by molar-refractivity contribution is 0.0692. The molecule has 0 atom stereocenters. The number of hydrogen-bond acceptors (Lipinski definition) is 5. The summed E-state index contributed by atoms with van der Waals surface area (Å²) in [6, 6.07) is 3.53. The van der Waals surface area contributed by atoms with E-state index in [1.165, 1.54) is 11.3 Å². The Balaban J connectivity index is 2.31. The molecule has 0 saturated heterocycles. The van der Waals surface area contributed by atoms with Gasteiger partial charge in [-0.25, -0.2) is 9.78 Å². The molecule has 0 aliphatic heterocycles. The third-order valence-electron chi connectivity index (χ3n) is 1.87. The molecule has 0 radical (unpaired) electrons. The monoisotopic (exact) mass is 235 g/mol. The fourth-order valence-electron chi connectivity index (χ4n) is 1.22. The Kier molecular flexibility index (Phi) is 2.82. The molecule has 0 amide bonds. The fraction of sp³-hybridized carbons (Fsp3) is 0.100. The van der Waals surface area contributed by atoms with E-state index >= 15 is 0 Å². The van der Waals surface area contributed by atoms with Gasteiger partial charge in [0, 0.05) is 18.1 Å². The first-order valence-electron chi connectivity index (χ1n) is 4.54. The number of rotatable bonds is 3. The summed E-state index contributed by atoms with van der Waals surface area (Å²) in [5.41, 5.74) is 0.848. The van der Waals surface area contributed by atoms with E-state index in [0.29, 0.717) is 10.0 Å². The van der Waals surface area contributed by atoms with E-state index in [0.717, 1.165) is 5.69 Å². The Bertz CT molecular complexity index is 510. The van der Waals surface area contributed by atoms with Crippen LogP contribution in [0.15, 0.2) is 24.5 Å². The number of thiazole rings is 1. The van der Waals surface area contributed by atoms with Crippen LogP contribution in [-0.2, 0) is 0 Å². The number of carboxylic acid groups (broad SMARTS) is 1. The van der Waals surface area contributed by atoms with Crippen LogP contribution in [-0.4, -0.2) is 21.0 Å². The van der Waals surface area contributed by atoms with Crippen LogP contribution in [0.4, 0.5) is 10.7 Å². The second-order valence-corrected chi connectivity index (χ2v) is 4.28. The van der Waals surface area contributed by atoms with Gasteiger partial charge in [0.15, 0.2) is 5.69 Å². The normalized spacial score (nSPS) is 10.1. The lowest BCUT2D eigenvalue weighted by Crippen LogP contribution is -2.01. The minimum Gasteiger partial charge on any atom is -0.476 e. The lowest BCUT2D eigenvalue weighted by Gasteiger charge is -2.02. The molecule has 0 bridgehead atoms. The van der Waals surface area contributed by atoms with Crippen LogP contribution in [0.2, 0.25) is 0 Å². The van der Waals surface area contributed by atoms with Gasteiger partial charge in [-0.15, -0.1) is 11.3 Å². The molecule has 2 aromatic rings. The highest BCUT2D eigenvalue weighted by Gasteiger charge is 2.15. The van der Waals surface area contributed by atoms with Gasteiger partial charge < -0.3 is 10.4 Å². The summed E-state index contributed by atoms with van der Waals surface area (Å²) < 4.78 is 0. The zero-order valence-corrected chi connectivity index (χ0v) is 9.28. The van der Waals surface area contributed by atoms with Gasteiger partial charge in [-0.3, -0.25) is 4.98 Å². The number of pyridine rings is 1. The Morgan fingerprint density at radius 1 is 1.44 bits per heavy atom. The number of carboxylic acids is 1. The molecular formula is C10H9N3O2S. The summed E-state index contributed by atoms with van der Waals surface area (Å²) in [6.07, 6.45) is 3.27. The minimum absolute atomic E-state index is 0.0549. The van der Waals surface area contributed by atoms with Crippen LogP contribution >= 0.6 is 11.3 Å². The molecule has 2 rings (SSSR count). The zero-order valence-electron chi connectivity index (χ0n) is 8.47. The number of nitrogens with one attached hydrogen (secondary N) is 1. The van der Waals surface area contributed by atoms with Crippen molar-refractivity contribution in [1.82, 2.24) is 9.97 Å². The summed E-state index contributed by atoms with van der Waals surface area (Å²) in [4.78, 5) is 18.7. The number of hydrogen-bond donors (Lipinski definition) is 2. The second kappa shape index (κ2) is 4.28. The minimum atomic E-state index is -1.03. The van der Waals surface area contributed by atoms with Crippen LogP contribution in [0.1, 0.15) is 15.5 Å². The maximum absolute atomic E-state index is 10.9. The first-order valence-corrected chi connectivity index (χ1v) is 5.36. The topological polar surface area (TPSA) is 75.1 Å². The molecule has 82 valence electrons. The predicted molar refractivity (Wildman–Crippen MR) is 61.3 cm³/mol. The van der Waals surface area contributed by atoms with Crippen LogP contribution in [0.3, 0.4) is 0 Å². The van der Waals surface area contributed by atoms with Crippen molar-refractivity contribution in [2.75, 3.05) is 5.32 Å². The highest BCUT2D eigenvalue weighted by molar-refractivity contribution is 7.16. The van der Waals surface area contributed by atoms with Crippen LogP contribution in [0.25, 0.3) is 0 Å². The molecule has 0 aliphatic carbocycles. The average Bonchev–Trinajstić information content (AvgIpc) is 2.61. The van der Waals surface area contributed by atoms with Crippen molar-refractivity contribution < 1.29 is 9.90 Å². The van der Waals surface area contributed by atoms with E-state index in [4.69, 9.17) is 5.11 Å². The molecule has 0 unspecified atom stereocenters. The Labute approximate surface area is 95.8 Å². The van der Waals surface area contributed by atoms with E-state index in [-0.39, 0.29) is 5.69 Å². The second-order valence-electron chi connectivity index (χ2n) is 3.08. The quantitative estimate of drug-likeness (QED) is 0.853. The summed E-state index contributed by atoms with van der Waals surface area (Å²) in [5, 5.41) is 13.2. The van der Waals surface area contributed by atoms with Crippen LogP contribution < -0.4 is 5.32 Å². The van der Waals surface area contributed by atoms with Gasteiger partial charge in [-0.1, -0.05) is 0 Å². The Morgan fingerprint density at radius 3 is 2.75 bits per heavy atom. The predicted octanol–water partition coefficient (Wildman–Crippen LogP) is 2.29.